The second-order valence-electron chi connectivity index (χ2n) is 6.76. The van der Waals surface area contributed by atoms with Gasteiger partial charge in [-0.1, -0.05) is 24.3 Å². The monoisotopic (exact) mass is 385 g/mol. The lowest BCUT2D eigenvalue weighted by Crippen LogP contribution is -2.79. The fourth-order valence-electron chi connectivity index (χ4n) is 3.13. The van der Waals surface area contributed by atoms with Crippen LogP contribution < -0.4 is 15.4 Å². The second-order valence-corrected chi connectivity index (χ2v) is 8.41. The molecule has 0 unspecified atom stereocenters. The molecule has 0 saturated carbocycles. The average molecular weight is 386 g/mol. The lowest BCUT2D eigenvalue weighted by Gasteiger charge is -2.09. The predicted molar refractivity (Wildman–Crippen MR) is 108 cm³/mol. The van der Waals surface area contributed by atoms with E-state index in [1.165, 1.54) is 0 Å². The van der Waals surface area contributed by atoms with Gasteiger partial charge in [-0.25, -0.2) is 0 Å². The van der Waals surface area contributed by atoms with Crippen molar-refractivity contribution in [3.05, 3.63) is 64.8 Å². The Hall–Kier alpha value is -2.80. The topological polar surface area (TPSA) is 102 Å². The summed E-state index contributed by atoms with van der Waals surface area (Å²) in [6.45, 7) is 6.14. The number of nitrogens with one attached hydrogen (secondary N) is 3. The summed E-state index contributed by atoms with van der Waals surface area (Å²) in [7, 11) is -3.73. The summed E-state index contributed by atoms with van der Waals surface area (Å²) in [6, 6.07) is 11.6. The average Bonchev–Trinajstić information content (AvgIpc) is 3.01. The van der Waals surface area contributed by atoms with Gasteiger partial charge in [0.25, 0.3) is 0 Å². The molecule has 0 spiro atoms. The molecule has 0 atom stereocenters. The number of aromatic amines is 1. The van der Waals surface area contributed by atoms with Gasteiger partial charge in [-0.2, -0.15) is 13.1 Å². The number of para-hydroxylation sites is 1. The maximum absolute atomic E-state index is 12.6. The van der Waals surface area contributed by atoms with Crippen molar-refractivity contribution in [3.63, 3.8) is 0 Å². The largest absolute Gasteiger partial charge is 0.361 e. The number of fused-ring (bicyclic) bond motifs is 1. The van der Waals surface area contributed by atoms with Crippen molar-refractivity contribution in [1.29, 1.82) is 0 Å². The zero-order valence-electron chi connectivity index (χ0n) is 15.8. The fraction of sp³-hybridized carbons (Fsp3) is 0.250. The maximum Gasteiger partial charge on any atom is 0.356 e. The van der Waals surface area contributed by atoms with E-state index in [0.29, 0.717) is 12.1 Å². The van der Waals surface area contributed by atoms with Gasteiger partial charge >= 0.3 is 16.0 Å². The van der Waals surface area contributed by atoms with Crippen LogP contribution in [-0.4, -0.2) is 25.9 Å². The molecule has 1 heterocycles. The minimum Gasteiger partial charge on any atom is -0.361 e. The summed E-state index contributed by atoms with van der Waals surface area (Å²) in [6.07, 6.45) is 2.68. The number of H-pyrrole nitrogens is 1. The molecule has 0 radical (unpaired) electrons. The lowest BCUT2D eigenvalue weighted by molar-refractivity contribution is -0.458. The number of nitrogens with two attached hydrogens (primary N) is 1. The van der Waals surface area contributed by atoms with Crippen molar-refractivity contribution in [2.45, 2.75) is 32.1 Å². The molecule has 27 heavy (non-hydrogen) atoms. The Labute approximate surface area is 159 Å². The van der Waals surface area contributed by atoms with E-state index >= 15 is 0 Å². The van der Waals surface area contributed by atoms with E-state index < -0.39 is 10.0 Å². The number of hydrogen-bond donors (Lipinski definition) is 4. The summed E-state index contributed by atoms with van der Waals surface area (Å²) in [5, 5.41) is 1.16. The Morgan fingerprint density at radius 1 is 1.11 bits per heavy atom. The highest BCUT2D eigenvalue weighted by Gasteiger charge is 2.22. The number of aromatic nitrogens is 1. The van der Waals surface area contributed by atoms with Gasteiger partial charge in [-0.3, -0.25) is 10.7 Å². The van der Waals surface area contributed by atoms with E-state index in [0.717, 1.165) is 34.0 Å². The van der Waals surface area contributed by atoms with Gasteiger partial charge in [-0.05, 0) is 55.2 Å². The van der Waals surface area contributed by atoms with Crippen molar-refractivity contribution >= 4 is 26.9 Å². The lowest BCUT2D eigenvalue weighted by atomic mass is 10.1. The van der Waals surface area contributed by atoms with Gasteiger partial charge in [0.05, 0.1) is 6.54 Å². The number of rotatable bonds is 5. The van der Waals surface area contributed by atoms with E-state index in [9.17, 15) is 8.42 Å². The number of aryl methyl sites for hydroxylation is 3. The molecule has 6 nitrogen and oxygen atoms in total. The van der Waals surface area contributed by atoms with Gasteiger partial charge in [0.1, 0.15) is 4.90 Å². The maximum atomic E-state index is 12.6. The van der Waals surface area contributed by atoms with Gasteiger partial charge in [0.15, 0.2) is 0 Å². The first-order chi connectivity index (χ1) is 12.8. The minimum absolute atomic E-state index is 0.0208. The quantitative estimate of drug-likeness (QED) is 0.389. The number of guanidine groups is 1. The van der Waals surface area contributed by atoms with Crippen LogP contribution in [0.4, 0.5) is 0 Å². The summed E-state index contributed by atoms with van der Waals surface area (Å²) < 4.78 is 27.7. The van der Waals surface area contributed by atoms with Gasteiger partial charge in [0, 0.05) is 23.5 Å². The molecule has 142 valence electrons. The van der Waals surface area contributed by atoms with E-state index in [4.69, 9.17) is 5.73 Å². The Bertz CT molecular complexity index is 1110. The molecule has 2 aromatic carbocycles. The van der Waals surface area contributed by atoms with Crippen molar-refractivity contribution in [1.82, 2.24) is 9.71 Å². The van der Waals surface area contributed by atoms with Crippen molar-refractivity contribution in [3.8, 4) is 0 Å². The smallest absolute Gasteiger partial charge is 0.356 e. The molecule has 3 rings (SSSR count). The van der Waals surface area contributed by atoms with Crippen LogP contribution in [0.2, 0.25) is 0 Å². The Balaban J connectivity index is 1.70. The predicted octanol–water partition coefficient (Wildman–Crippen LogP) is 1.01. The molecular formula is C20H25N4O2S+. The normalized spacial score (nSPS) is 12.5. The molecule has 1 aromatic heterocycles. The zero-order valence-corrected chi connectivity index (χ0v) is 16.6. The third kappa shape index (κ3) is 4.14. The zero-order chi connectivity index (χ0) is 19.6. The summed E-state index contributed by atoms with van der Waals surface area (Å²) in [5.41, 5.74) is 10.8. The molecular weight excluding hydrogens is 360 g/mol. The van der Waals surface area contributed by atoms with E-state index in [1.807, 2.05) is 44.3 Å². The molecule has 0 aliphatic carbocycles. The van der Waals surface area contributed by atoms with E-state index in [1.54, 1.807) is 13.0 Å². The highest BCUT2D eigenvalue weighted by Crippen LogP contribution is 2.19. The van der Waals surface area contributed by atoms with E-state index in [-0.39, 0.29) is 10.9 Å². The van der Waals surface area contributed by atoms with Crippen LogP contribution in [0.3, 0.4) is 0 Å². The SMILES string of the molecule is Cc1cc(C)c(S(=O)(=O)NC(N)=[NH+]CCc2c[nH]c3ccccc23)cc1C. The van der Waals surface area contributed by atoms with Crippen LogP contribution in [0.25, 0.3) is 10.9 Å². The van der Waals surface area contributed by atoms with Gasteiger partial charge < -0.3 is 4.98 Å². The van der Waals surface area contributed by atoms with Crippen molar-refractivity contribution in [2.24, 2.45) is 5.73 Å². The molecule has 7 heteroatoms. The number of benzene rings is 2. The summed E-state index contributed by atoms with van der Waals surface area (Å²) in [4.78, 5) is 6.41. The minimum atomic E-state index is -3.73. The first kappa shape index (κ1) is 19.0. The third-order valence-corrected chi connectivity index (χ3v) is 6.22. The fourth-order valence-corrected chi connectivity index (χ4v) is 4.42. The summed E-state index contributed by atoms with van der Waals surface area (Å²) >= 11 is 0. The Morgan fingerprint density at radius 2 is 1.81 bits per heavy atom. The standard InChI is InChI=1S/C20H24N4O2S/c1-13-10-15(3)19(11-14(13)2)27(25,26)24-20(21)22-9-8-16-12-23-18-7-5-4-6-17(16)18/h4-7,10-12,23H,8-9H2,1-3H3,(H3,21,22,24)/p+1. The first-order valence-corrected chi connectivity index (χ1v) is 10.3. The third-order valence-electron chi connectivity index (χ3n) is 4.71. The van der Waals surface area contributed by atoms with Crippen LogP contribution in [-0.2, 0) is 16.4 Å². The molecule has 0 saturated heterocycles. The molecule has 3 aromatic rings. The second kappa shape index (κ2) is 7.44. The number of sulfonamides is 1. The Kier molecular flexibility index (Phi) is 5.23. The number of hydrogen-bond acceptors (Lipinski definition) is 2. The molecule has 0 aliphatic rings. The van der Waals surface area contributed by atoms with E-state index in [2.05, 4.69) is 20.8 Å². The van der Waals surface area contributed by atoms with Gasteiger partial charge in [0.2, 0.25) is 0 Å². The van der Waals surface area contributed by atoms with Gasteiger partial charge in [-0.15, -0.1) is 0 Å². The molecule has 0 aliphatic heterocycles. The highest BCUT2D eigenvalue weighted by atomic mass is 32.2. The summed E-state index contributed by atoms with van der Waals surface area (Å²) in [5.74, 6) is 0.0208. The molecule has 5 N–H and O–H groups in total. The van der Waals surface area contributed by atoms with Crippen molar-refractivity contribution in [2.75, 3.05) is 6.54 Å². The molecule has 0 bridgehead atoms. The van der Waals surface area contributed by atoms with Crippen LogP contribution in [0.15, 0.2) is 47.5 Å². The molecule has 0 amide bonds. The van der Waals surface area contributed by atoms with Crippen LogP contribution >= 0.6 is 0 Å². The highest BCUT2D eigenvalue weighted by molar-refractivity contribution is 7.90. The first-order valence-electron chi connectivity index (χ1n) is 8.80. The van der Waals surface area contributed by atoms with Crippen LogP contribution in [0.5, 0.6) is 0 Å². The van der Waals surface area contributed by atoms with Crippen LogP contribution in [0.1, 0.15) is 22.3 Å². The molecule has 0 fully saturated rings. The van der Waals surface area contributed by atoms with Crippen LogP contribution in [0, 0.1) is 20.8 Å². The van der Waals surface area contributed by atoms with Crippen molar-refractivity contribution < 1.29 is 13.4 Å². The Morgan fingerprint density at radius 3 is 2.59 bits per heavy atom.